The maximum atomic E-state index is 11.8. The summed E-state index contributed by atoms with van der Waals surface area (Å²) in [5.41, 5.74) is -2.23. The number of hydrogen-bond acceptors (Lipinski definition) is 12. The van der Waals surface area contributed by atoms with Gasteiger partial charge in [-0.2, -0.15) is 14.7 Å². The van der Waals surface area contributed by atoms with Crippen molar-refractivity contribution in [1.29, 1.82) is 0 Å². The van der Waals surface area contributed by atoms with Gasteiger partial charge in [0.05, 0.1) is 6.61 Å². The predicted molar refractivity (Wildman–Crippen MR) is 103 cm³/mol. The summed E-state index contributed by atoms with van der Waals surface area (Å²) < 4.78 is 14.7. The van der Waals surface area contributed by atoms with Crippen LogP contribution >= 0.6 is 0 Å². The molecule has 0 aromatic heterocycles. The lowest BCUT2D eigenvalue weighted by atomic mass is 10.2. The molecule has 0 rings (SSSR count). The van der Waals surface area contributed by atoms with E-state index in [1.165, 1.54) is 0 Å². The monoisotopic (exact) mass is 454 g/mol. The Morgan fingerprint density at radius 1 is 0.613 bits per heavy atom. The van der Waals surface area contributed by atoms with Crippen molar-refractivity contribution in [2.24, 2.45) is 0 Å². The van der Waals surface area contributed by atoms with Gasteiger partial charge in [-0.05, 0) is 62.3 Å². The summed E-state index contributed by atoms with van der Waals surface area (Å²) in [6.07, 6.45) is -4.55. The van der Waals surface area contributed by atoms with Crippen LogP contribution in [0.3, 0.4) is 0 Å². The molecule has 0 aliphatic rings. The molecule has 1 atom stereocenters. The summed E-state index contributed by atoms with van der Waals surface area (Å²) >= 11 is 0. The van der Waals surface area contributed by atoms with Crippen molar-refractivity contribution in [3.8, 4) is 0 Å². The molecule has 0 saturated heterocycles. The molecular formula is C19H34O12. The number of ether oxygens (including phenoxy) is 3. The summed E-state index contributed by atoms with van der Waals surface area (Å²) in [6, 6.07) is 0. The fraction of sp³-hybridized carbons (Fsp3) is 0.842. The van der Waals surface area contributed by atoms with Crippen molar-refractivity contribution in [2.45, 2.75) is 91.6 Å². The quantitative estimate of drug-likeness (QED) is 0.211. The molecule has 0 N–H and O–H groups in total. The number of carbonyl (C=O) groups excluding carboxylic acids is 3. The summed E-state index contributed by atoms with van der Waals surface area (Å²) in [7, 11) is 0. The second-order valence-corrected chi connectivity index (χ2v) is 9.28. The van der Waals surface area contributed by atoms with Crippen LogP contribution in [0.2, 0.25) is 0 Å². The van der Waals surface area contributed by atoms with Gasteiger partial charge in [0.2, 0.25) is 0 Å². The Balaban J connectivity index is 4.63. The Morgan fingerprint density at radius 3 is 1.42 bits per heavy atom. The largest absolute Gasteiger partial charge is 0.540 e. The molecule has 12 nitrogen and oxygen atoms in total. The van der Waals surface area contributed by atoms with Crippen molar-refractivity contribution in [2.75, 3.05) is 13.2 Å². The second-order valence-electron chi connectivity index (χ2n) is 9.28. The van der Waals surface area contributed by atoms with Crippen molar-refractivity contribution in [3.63, 3.8) is 0 Å². The standard InChI is InChI=1S/C19H34O12/c1-17(2,3)29-26-14(20)23-11-10-13(25-16(22)28-31-19(7,8)9)12-24-15(21)27-30-18(4,5)6/h13H,10-12H2,1-9H3. The molecule has 182 valence electrons. The zero-order valence-electron chi connectivity index (χ0n) is 19.6. The van der Waals surface area contributed by atoms with Gasteiger partial charge in [-0.3, -0.25) is 14.7 Å². The summed E-state index contributed by atoms with van der Waals surface area (Å²) in [5, 5.41) is 0. The molecule has 0 fully saturated rings. The van der Waals surface area contributed by atoms with Crippen LogP contribution in [0.5, 0.6) is 0 Å². The van der Waals surface area contributed by atoms with Crippen LogP contribution in [0, 0.1) is 0 Å². The highest BCUT2D eigenvalue weighted by molar-refractivity contribution is 5.60. The zero-order valence-corrected chi connectivity index (χ0v) is 19.6. The first kappa shape index (κ1) is 28.7. The number of carbonyl (C=O) groups is 3. The topological polar surface area (TPSA) is 134 Å². The Bertz CT molecular complexity index is 568. The van der Waals surface area contributed by atoms with Gasteiger partial charge in [0.15, 0.2) is 0 Å². The predicted octanol–water partition coefficient (Wildman–Crippen LogP) is 4.40. The molecule has 31 heavy (non-hydrogen) atoms. The first-order valence-corrected chi connectivity index (χ1v) is 9.58. The maximum Gasteiger partial charge on any atom is 0.540 e. The lowest BCUT2D eigenvalue weighted by Crippen LogP contribution is -2.30. The fourth-order valence-electron chi connectivity index (χ4n) is 1.29. The van der Waals surface area contributed by atoms with Gasteiger partial charge < -0.3 is 14.2 Å². The SMILES string of the molecule is CC(C)(C)OOC(=O)OCCC(COC(=O)OOC(C)(C)C)OC(=O)OOC(C)(C)C. The highest BCUT2D eigenvalue weighted by Crippen LogP contribution is 2.12. The molecule has 1 unspecified atom stereocenters. The normalized spacial score (nSPS) is 13.1. The molecule has 12 heteroatoms. The zero-order chi connectivity index (χ0) is 24.3. The van der Waals surface area contributed by atoms with Gasteiger partial charge in [0.25, 0.3) is 0 Å². The molecule has 0 aliphatic carbocycles. The first-order valence-electron chi connectivity index (χ1n) is 9.58. The average molecular weight is 454 g/mol. The second kappa shape index (κ2) is 12.5. The molecule has 0 aliphatic heterocycles. The van der Waals surface area contributed by atoms with Gasteiger partial charge >= 0.3 is 18.5 Å². The van der Waals surface area contributed by atoms with E-state index in [0.29, 0.717) is 0 Å². The molecule has 0 amide bonds. The van der Waals surface area contributed by atoms with E-state index >= 15 is 0 Å². The van der Waals surface area contributed by atoms with Crippen LogP contribution in [0.25, 0.3) is 0 Å². The summed E-state index contributed by atoms with van der Waals surface area (Å²) in [6.45, 7) is 14.3. The van der Waals surface area contributed by atoms with Gasteiger partial charge in [-0.25, -0.2) is 14.4 Å². The third-order valence-electron chi connectivity index (χ3n) is 2.39. The van der Waals surface area contributed by atoms with Crippen LogP contribution in [0.15, 0.2) is 0 Å². The van der Waals surface area contributed by atoms with Crippen LogP contribution in [-0.2, 0) is 43.5 Å². The van der Waals surface area contributed by atoms with Crippen molar-refractivity contribution in [3.05, 3.63) is 0 Å². The molecule has 0 bridgehead atoms. The van der Waals surface area contributed by atoms with Crippen LogP contribution in [0.1, 0.15) is 68.7 Å². The van der Waals surface area contributed by atoms with E-state index in [2.05, 4.69) is 14.7 Å². The van der Waals surface area contributed by atoms with Gasteiger partial charge in [-0.1, -0.05) is 0 Å². The van der Waals surface area contributed by atoms with E-state index in [9.17, 15) is 14.4 Å². The molecule has 0 radical (unpaired) electrons. The molecule has 0 spiro atoms. The van der Waals surface area contributed by atoms with E-state index in [0.717, 1.165) is 0 Å². The van der Waals surface area contributed by atoms with E-state index in [1.807, 2.05) is 0 Å². The molecule has 0 heterocycles. The minimum Gasteiger partial charge on any atom is -0.432 e. The maximum absolute atomic E-state index is 11.8. The van der Waals surface area contributed by atoms with Crippen LogP contribution in [0.4, 0.5) is 14.4 Å². The van der Waals surface area contributed by atoms with E-state index in [4.69, 9.17) is 28.9 Å². The lowest BCUT2D eigenvalue weighted by Gasteiger charge is -2.20. The van der Waals surface area contributed by atoms with Gasteiger partial charge in [0, 0.05) is 6.42 Å². The summed E-state index contributed by atoms with van der Waals surface area (Å²) in [5.74, 6) is 0. The molecule has 0 saturated carbocycles. The van der Waals surface area contributed by atoms with Crippen molar-refractivity contribution >= 4 is 18.5 Å². The summed E-state index contributed by atoms with van der Waals surface area (Å²) in [4.78, 5) is 62.9. The van der Waals surface area contributed by atoms with E-state index < -0.39 is 48.0 Å². The third kappa shape index (κ3) is 19.4. The Labute approximate surface area is 182 Å². The Hall–Kier alpha value is -2.31. The highest BCUT2D eigenvalue weighted by atomic mass is 17.2. The third-order valence-corrected chi connectivity index (χ3v) is 2.39. The molecular weight excluding hydrogens is 420 g/mol. The molecule has 0 aromatic carbocycles. The fourth-order valence-corrected chi connectivity index (χ4v) is 1.29. The number of rotatable bonds is 9. The number of hydrogen-bond donors (Lipinski definition) is 0. The first-order chi connectivity index (χ1) is 14.0. The van der Waals surface area contributed by atoms with Gasteiger partial charge in [-0.15, -0.1) is 0 Å². The smallest absolute Gasteiger partial charge is 0.432 e. The lowest BCUT2D eigenvalue weighted by molar-refractivity contribution is -0.317. The Kier molecular flexibility index (Phi) is 11.6. The average Bonchev–Trinajstić information content (AvgIpc) is 2.59. The minimum absolute atomic E-state index is 0.0668. The van der Waals surface area contributed by atoms with E-state index in [1.54, 1.807) is 62.3 Å². The molecule has 0 aromatic rings. The van der Waals surface area contributed by atoms with Gasteiger partial charge in [0.1, 0.15) is 29.5 Å². The van der Waals surface area contributed by atoms with E-state index in [-0.39, 0.29) is 13.0 Å². The van der Waals surface area contributed by atoms with Crippen molar-refractivity contribution in [1.82, 2.24) is 0 Å². The van der Waals surface area contributed by atoms with Crippen LogP contribution in [-0.4, -0.2) is 54.6 Å². The van der Waals surface area contributed by atoms with Crippen LogP contribution < -0.4 is 0 Å². The Morgan fingerprint density at radius 2 is 1.00 bits per heavy atom. The van der Waals surface area contributed by atoms with Crippen molar-refractivity contribution < 1.29 is 57.9 Å². The minimum atomic E-state index is -1.18. The highest BCUT2D eigenvalue weighted by Gasteiger charge is 2.24.